The summed E-state index contributed by atoms with van der Waals surface area (Å²) in [7, 11) is 1.84. The molecule has 0 atom stereocenters. The number of carbonyl (C=O) groups excluding carboxylic acids is 1. The molecule has 1 amide bonds. The van der Waals surface area contributed by atoms with Gasteiger partial charge >= 0.3 is 0 Å². The van der Waals surface area contributed by atoms with E-state index in [1.807, 2.05) is 11.9 Å². The number of hydrogen-bond acceptors (Lipinski definition) is 5. The van der Waals surface area contributed by atoms with E-state index in [2.05, 4.69) is 28.9 Å². The van der Waals surface area contributed by atoms with Gasteiger partial charge in [0.2, 0.25) is 11.8 Å². The molecule has 2 saturated carbocycles. The number of piperidine rings is 1. The molecule has 1 aromatic rings. The van der Waals surface area contributed by atoms with Crippen molar-refractivity contribution in [2.75, 3.05) is 25.0 Å². The van der Waals surface area contributed by atoms with Gasteiger partial charge in [-0.2, -0.15) is 5.10 Å². The molecule has 0 radical (unpaired) electrons. The van der Waals surface area contributed by atoms with Crippen LogP contribution < -0.4 is 4.90 Å². The van der Waals surface area contributed by atoms with Gasteiger partial charge in [-0.15, -0.1) is 5.10 Å². The molecule has 2 aliphatic carbocycles. The molecule has 33 heavy (non-hydrogen) atoms. The quantitative estimate of drug-likeness (QED) is 0.683. The van der Waals surface area contributed by atoms with Crippen LogP contribution in [0.15, 0.2) is 0 Å². The molecule has 1 aliphatic heterocycles. The van der Waals surface area contributed by atoms with Crippen LogP contribution in [0.5, 0.6) is 0 Å². The molecule has 182 valence electrons. The molecule has 0 bridgehead atoms. The normalized spacial score (nSPS) is 24.7. The number of halogens is 2. The first-order valence-corrected chi connectivity index (χ1v) is 12.5. The number of hydrogen-bond donors (Lipinski definition) is 1. The van der Waals surface area contributed by atoms with Crippen LogP contribution in [0.1, 0.15) is 86.9 Å². The third kappa shape index (κ3) is 5.19. The second-order valence-electron chi connectivity index (χ2n) is 10.3. The van der Waals surface area contributed by atoms with Crippen LogP contribution in [0.2, 0.25) is 0 Å². The summed E-state index contributed by atoms with van der Waals surface area (Å²) in [6, 6.07) is 0.141. The third-order valence-corrected chi connectivity index (χ3v) is 8.24. The molecule has 4 rings (SSSR count). The number of nitrogens with one attached hydrogen (secondary N) is 1. The Morgan fingerprint density at radius 3 is 2.21 bits per heavy atom. The standard InChI is InChI=1S/C25H37F2N5O/c1-16-17(2)23(30-29-22(16)18-4-6-20(28)7-5-18)32-14-10-21(11-15-32)31(3)24(33)19-8-12-25(26,27)13-9-19/h18-19,21,28H,4-15H2,1-3H3. The van der Waals surface area contributed by atoms with E-state index in [4.69, 9.17) is 5.41 Å². The lowest BCUT2D eigenvalue weighted by atomic mass is 9.84. The Kier molecular flexibility index (Phi) is 7.01. The van der Waals surface area contributed by atoms with Crippen LogP contribution in [-0.2, 0) is 4.79 Å². The van der Waals surface area contributed by atoms with Crippen LogP contribution in [0.4, 0.5) is 14.6 Å². The zero-order chi connectivity index (χ0) is 23.8. The largest absolute Gasteiger partial charge is 0.355 e. The van der Waals surface area contributed by atoms with Gasteiger partial charge in [0.15, 0.2) is 5.82 Å². The minimum absolute atomic E-state index is 0.0284. The Labute approximate surface area is 195 Å². The highest BCUT2D eigenvalue weighted by Crippen LogP contribution is 2.38. The third-order valence-electron chi connectivity index (χ3n) is 8.24. The van der Waals surface area contributed by atoms with Crippen molar-refractivity contribution in [3.8, 4) is 0 Å². The molecule has 1 aromatic heterocycles. The first-order chi connectivity index (χ1) is 15.7. The van der Waals surface area contributed by atoms with E-state index in [1.165, 1.54) is 11.1 Å². The van der Waals surface area contributed by atoms with Crippen LogP contribution in [0.3, 0.4) is 0 Å². The average molecular weight is 462 g/mol. The van der Waals surface area contributed by atoms with Crippen LogP contribution in [0, 0.1) is 25.2 Å². The van der Waals surface area contributed by atoms with E-state index in [-0.39, 0.29) is 43.6 Å². The molecule has 6 nitrogen and oxygen atoms in total. The Morgan fingerprint density at radius 1 is 1.00 bits per heavy atom. The second kappa shape index (κ2) is 9.63. The second-order valence-corrected chi connectivity index (χ2v) is 10.3. The van der Waals surface area contributed by atoms with Gasteiger partial charge in [0.05, 0.1) is 5.69 Å². The van der Waals surface area contributed by atoms with Crippen molar-refractivity contribution in [3.05, 3.63) is 16.8 Å². The zero-order valence-corrected chi connectivity index (χ0v) is 20.2. The van der Waals surface area contributed by atoms with Gasteiger partial charge in [-0.1, -0.05) is 0 Å². The van der Waals surface area contributed by atoms with Gasteiger partial charge < -0.3 is 15.2 Å². The number of carbonyl (C=O) groups is 1. The van der Waals surface area contributed by atoms with Crippen molar-refractivity contribution in [1.29, 1.82) is 5.41 Å². The number of aromatic nitrogens is 2. The predicted molar refractivity (Wildman–Crippen MR) is 125 cm³/mol. The summed E-state index contributed by atoms with van der Waals surface area (Å²) in [6.07, 6.45) is 5.60. The highest BCUT2D eigenvalue weighted by Gasteiger charge is 2.39. The minimum atomic E-state index is -2.60. The summed E-state index contributed by atoms with van der Waals surface area (Å²) in [5.41, 5.74) is 4.31. The van der Waals surface area contributed by atoms with Crippen molar-refractivity contribution in [1.82, 2.24) is 15.1 Å². The Bertz CT molecular complexity index is 877. The van der Waals surface area contributed by atoms with E-state index >= 15 is 0 Å². The van der Waals surface area contributed by atoms with Crippen LogP contribution >= 0.6 is 0 Å². The van der Waals surface area contributed by atoms with Gasteiger partial charge in [0.1, 0.15) is 0 Å². The van der Waals surface area contributed by atoms with Gasteiger partial charge in [-0.25, -0.2) is 8.78 Å². The lowest BCUT2D eigenvalue weighted by molar-refractivity contribution is -0.140. The van der Waals surface area contributed by atoms with E-state index in [0.29, 0.717) is 5.92 Å². The van der Waals surface area contributed by atoms with Crippen LogP contribution in [-0.4, -0.2) is 58.8 Å². The predicted octanol–water partition coefficient (Wildman–Crippen LogP) is 5.02. The van der Waals surface area contributed by atoms with Gasteiger partial charge in [0, 0.05) is 56.6 Å². The van der Waals surface area contributed by atoms with Crippen molar-refractivity contribution >= 4 is 17.4 Å². The number of alkyl halides is 2. The Balaban J connectivity index is 1.35. The molecule has 3 fully saturated rings. The number of anilines is 1. The summed E-state index contributed by atoms with van der Waals surface area (Å²) >= 11 is 0. The summed E-state index contributed by atoms with van der Waals surface area (Å²) < 4.78 is 26.9. The van der Waals surface area contributed by atoms with Crippen molar-refractivity contribution in [2.24, 2.45) is 5.92 Å². The maximum Gasteiger partial charge on any atom is 0.248 e. The molecule has 1 N–H and O–H groups in total. The first kappa shape index (κ1) is 24.0. The number of rotatable bonds is 4. The van der Waals surface area contributed by atoms with Gasteiger partial charge in [0.25, 0.3) is 0 Å². The molecular weight excluding hydrogens is 424 g/mol. The summed E-state index contributed by atoms with van der Waals surface area (Å²) in [4.78, 5) is 17.0. The summed E-state index contributed by atoms with van der Waals surface area (Å²) in [6.45, 7) is 5.86. The number of nitrogens with zero attached hydrogens (tertiary/aromatic N) is 4. The maximum absolute atomic E-state index is 13.5. The van der Waals surface area contributed by atoms with Crippen molar-refractivity contribution in [2.45, 2.75) is 95.9 Å². The SMILES string of the molecule is Cc1c(C2CCC(=N)CC2)nnc(N2CCC(N(C)C(=O)C3CCC(F)(F)CC3)CC2)c1C. The highest BCUT2D eigenvalue weighted by atomic mass is 19.3. The highest BCUT2D eigenvalue weighted by molar-refractivity contribution is 5.82. The monoisotopic (exact) mass is 461 g/mol. The minimum Gasteiger partial charge on any atom is -0.355 e. The summed E-state index contributed by atoms with van der Waals surface area (Å²) in [5.74, 6) is -1.51. The smallest absolute Gasteiger partial charge is 0.248 e. The molecule has 0 aromatic carbocycles. The summed E-state index contributed by atoms with van der Waals surface area (Å²) in [5, 5.41) is 17.1. The molecule has 1 saturated heterocycles. The average Bonchev–Trinajstić information content (AvgIpc) is 2.81. The lowest BCUT2D eigenvalue weighted by Crippen LogP contribution is -2.48. The molecule has 0 unspecified atom stereocenters. The Hall–Kier alpha value is -2.12. The van der Waals surface area contributed by atoms with E-state index < -0.39 is 5.92 Å². The molecule has 2 heterocycles. The van der Waals surface area contributed by atoms with Gasteiger partial charge in [-0.05, 0) is 76.3 Å². The fraction of sp³-hybridized carbons (Fsp3) is 0.760. The fourth-order valence-corrected chi connectivity index (χ4v) is 5.76. The molecular formula is C25H37F2N5O. The van der Waals surface area contributed by atoms with E-state index in [0.717, 1.165) is 68.8 Å². The van der Waals surface area contributed by atoms with E-state index in [9.17, 15) is 13.6 Å². The number of amides is 1. The fourth-order valence-electron chi connectivity index (χ4n) is 5.76. The first-order valence-electron chi connectivity index (χ1n) is 12.5. The molecule has 8 heteroatoms. The van der Waals surface area contributed by atoms with Gasteiger partial charge in [-0.3, -0.25) is 4.79 Å². The maximum atomic E-state index is 13.5. The molecule has 0 spiro atoms. The zero-order valence-electron chi connectivity index (χ0n) is 20.2. The topological polar surface area (TPSA) is 73.2 Å². The van der Waals surface area contributed by atoms with Crippen LogP contribution in [0.25, 0.3) is 0 Å². The molecule has 3 aliphatic rings. The van der Waals surface area contributed by atoms with E-state index in [1.54, 1.807) is 0 Å². The van der Waals surface area contributed by atoms with Crippen molar-refractivity contribution in [3.63, 3.8) is 0 Å². The lowest BCUT2D eigenvalue weighted by Gasteiger charge is -2.39. The Morgan fingerprint density at radius 2 is 1.61 bits per heavy atom. The van der Waals surface area contributed by atoms with Crippen molar-refractivity contribution < 1.29 is 13.6 Å².